The minimum absolute atomic E-state index is 0.126. The number of methoxy groups -OCH3 is 1. The van der Waals surface area contributed by atoms with Crippen LogP contribution in [0, 0.1) is 10.1 Å². The summed E-state index contributed by atoms with van der Waals surface area (Å²) >= 11 is 0. The third-order valence-corrected chi connectivity index (χ3v) is 3.85. The average molecular weight is 386 g/mol. The quantitative estimate of drug-likeness (QED) is 0.479. The van der Waals surface area contributed by atoms with Crippen LogP contribution >= 0.6 is 0 Å². The predicted molar refractivity (Wildman–Crippen MR) is 96.7 cm³/mol. The predicted octanol–water partition coefficient (Wildman–Crippen LogP) is 1.35. The van der Waals surface area contributed by atoms with Crippen molar-refractivity contribution in [2.75, 3.05) is 12.4 Å². The topological polar surface area (TPSA) is 149 Å². The van der Waals surface area contributed by atoms with Gasteiger partial charge in [0.05, 0.1) is 30.9 Å². The first-order chi connectivity index (χ1) is 13.4. The van der Waals surface area contributed by atoms with E-state index >= 15 is 0 Å². The second-order valence-electron chi connectivity index (χ2n) is 5.57. The fourth-order valence-electron chi connectivity index (χ4n) is 2.46. The highest BCUT2D eigenvalue weighted by atomic mass is 16.6. The summed E-state index contributed by atoms with van der Waals surface area (Å²) in [5.41, 5.74) is -2.52. The molecule has 0 unspecified atom stereocenters. The largest absolute Gasteiger partial charge is 0.496 e. The number of hydrogen-bond donors (Lipinski definition) is 2. The van der Waals surface area contributed by atoms with E-state index < -0.39 is 33.3 Å². The van der Waals surface area contributed by atoms with Gasteiger partial charge in [0, 0.05) is 6.20 Å². The lowest BCUT2D eigenvalue weighted by molar-refractivity contribution is -0.384. The Morgan fingerprint density at radius 3 is 2.79 bits per heavy atom. The van der Waals surface area contributed by atoms with Gasteiger partial charge in [0.15, 0.2) is 0 Å². The second kappa shape index (κ2) is 7.61. The maximum atomic E-state index is 12.6. The summed E-state index contributed by atoms with van der Waals surface area (Å²) in [6, 6.07) is 7.00. The Morgan fingerprint density at radius 2 is 2.14 bits per heavy atom. The van der Waals surface area contributed by atoms with Crippen LogP contribution in [0.25, 0.3) is 0 Å². The SMILES string of the molecule is COc1ccc(NC(=O)c2c[nH]c(=O)n(Cc3ccco3)c2=O)c([N+](=O)[O-])c1. The van der Waals surface area contributed by atoms with Crippen molar-refractivity contribution in [3.05, 3.63) is 85.1 Å². The summed E-state index contributed by atoms with van der Waals surface area (Å²) < 4.78 is 10.8. The van der Waals surface area contributed by atoms with Gasteiger partial charge >= 0.3 is 5.69 Å². The number of carbonyl (C=O) groups excluding carboxylic acids is 1. The molecular weight excluding hydrogens is 372 g/mol. The first kappa shape index (κ1) is 18.6. The van der Waals surface area contributed by atoms with E-state index in [1.54, 1.807) is 12.1 Å². The molecule has 2 aromatic heterocycles. The highest BCUT2D eigenvalue weighted by Gasteiger charge is 2.21. The van der Waals surface area contributed by atoms with Gasteiger partial charge in [0.25, 0.3) is 17.2 Å². The number of rotatable bonds is 6. The van der Waals surface area contributed by atoms with Crippen LogP contribution in [0.1, 0.15) is 16.1 Å². The zero-order valence-corrected chi connectivity index (χ0v) is 14.5. The minimum Gasteiger partial charge on any atom is -0.496 e. The van der Waals surface area contributed by atoms with Crippen molar-refractivity contribution >= 4 is 17.3 Å². The van der Waals surface area contributed by atoms with Crippen molar-refractivity contribution in [1.82, 2.24) is 9.55 Å². The van der Waals surface area contributed by atoms with Gasteiger partial charge in [-0.15, -0.1) is 0 Å². The van der Waals surface area contributed by atoms with E-state index in [2.05, 4.69) is 10.3 Å². The lowest BCUT2D eigenvalue weighted by atomic mass is 10.2. The van der Waals surface area contributed by atoms with Crippen molar-refractivity contribution < 1.29 is 18.9 Å². The number of aromatic amines is 1. The van der Waals surface area contributed by atoms with E-state index in [1.807, 2.05) is 0 Å². The van der Waals surface area contributed by atoms with Crippen LogP contribution in [0.4, 0.5) is 11.4 Å². The maximum Gasteiger partial charge on any atom is 0.328 e. The second-order valence-corrected chi connectivity index (χ2v) is 5.57. The molecular formula is C17H14N4O7. The van der Waals surface area contributed by atoms with Gasteiger partial charge in [0.1, 0.15) is 22.8 Å². The van der Waals surface area contributed by atoms with E-state index in [9.17, 15) is 24.5 Å². The summed E-state index contributed by atoms with van der Waals surface area (Å²) in [6.07, 6.45) is 2.34. The van der Waals surface area contributed by atoms with Gasteiger partial charge in [-0.05, 0) is 24.3 Å². The number of carbonyl (C=O) groups is 1. The fraction of sp³-hybridized carbons (Fsp3) is 0.118. The van der Waals surface area contributed by atoms with Gasteiger partial charge in [-0.1, -0.05) is 0 Å². The zero-order chi connectivity index (χ0) is 20.3. The number of ether oxygens (including phenoxy) is 1. The molecule has 0 aliphatic heterocycles. The monoisotopic (exact) mass is 386 g/mol. The molecule has 0 saturated carbocycles. The number of furan rings is 1. The summed E-state index contributed by atoms with van der Waals surface area (Å²) in [5.74, 6) is -0.340. The molecule has 1 aromatic carbocycles. The summed E-state index contributed by atoms with van der Waals surface area (Å²) in [7, 11) is 1.35. The van der Waals surface area contributed by atoms with Crippen LogP contribution in [-0.2, 0) is 6.54 Å². The summed E-state index contributed by atoms with van der Waals surface area (Å²) in [4.78, 5) is 49.8. The minimum atomic E-state index is -0.914. The Bertz CT molecular complexity index is 1150. The van der Waals surface area contributed by atoms with Crippen LogP contribution in [-0.4, -0.2) is 27.5 Å². The van der Waals surface area contributed by atoms with Crippen molar-refractivity contribution in [3.8, 4) is 5.75 Å². The van der Waals surface area contributed by atoms with Gasteiger partial charge in [-0.25, -0.2) is 4.79 Å². The van der Waals surface area contributed by atoms with Crippen molar-refractivity contribution in [2.45, 2.75) is 6.54 Å². The number of benzene rings is 1. The van der Waals surface area contributed by atoms with E-state index in [0.717, 1.165) is 16.8 Å². The van der Waals surface area contributed by atoms with Crippen LogP contribution in [0.2, 0.25) is 0 Å². The molecule has 0 spiro atoms. The molecule has 144 valence electrons. The third-order valence-electron chi connectivity index (χ3n) is 3.85. The van der Waals surface area contributed by atoms with E-state index in [0.29, 0.717) is 5.76 Å². The number of hydrogen-bond acceptors (Lipinski definition) is 7. The van der Waals surface area contributed by atoms with Gasteiger partial charge in [-0.2, -0.15) is 0 Å². The zero-order valence-electron chi connectivity index (χ0n) is 14.5. The van der Waals surface area contributed by atoms with Crippen LogP contribution in [0.5, 0.6) is 5.75 Å². The standard InChI is InChI=1S/C17H14N4O7/c1-27-10-4-5-13(14(7-10)21(25)26)19-15(22)12-8-18-17(24)20(16(12)23)9-11-3-2-6-28-11/h2-8H,9H2,1H3,(H,18,24)(H,19,22). The fourth-order valence-corrected chi connectivity index (χ4v) is 2.46. The first-order valence-corrected chi connectivity index (χ1v) is 7.89. The maximum absolute atomic E-state index is 12.6. The first-order valence-electron chi connectivity index (χ1n) is 7.89. The number of anilines is 1. The van der Waals surface area contributed by atoms with Gasteiger partial charge < -0.3 is 19.5 Å². The smallest absolute Gasteiger partial charge is 0.328 e. The number of H-pyrrole nitrogens is 1. The van der Waals surface area contributed by atoms with Crippen LogP contribution in [0.15, 0.2) is 56.8 Å². The molecule has 0 atom stereocenters. The molecule has 0 radical (unpaired) electrons. The van der Waals surface area contributed by atoms with E-state index in [4.69, 9.17) is 9.15 Å². The number of nitro benzene ring substituents is 1. The molecule has 3 rings (SSSR count). The number of aromatic nitrogens is 2. The molecule has 3 aromatic rings. The third kappa shape index (κ3) is 3.67. The molecule has 2 heterocycles. The summed E-state index contributed by atoms with van der Waals surface area (Å²) in [6.45, 7) is -0.176. The Kier molecular flexibility index (Phi) is 5.07. The average Bonchev–Trinajstić information content (AvgIpc) is 3.18. The van der Waals surface area contributed by atoms with E-state index in [1.165, 1.54) is 25.5 Å². The Labute approximate surface area is 156 Å². The number of nitro groups is 1. The number of nitrogens with zero attached hydrogens (tertiary/aromatic N) is 2. The molecule has 2 N–H and O–H groups in total. The number of nitrogens with one attached hydrogen (secondary N) is 2. The molecule has 0 saturated heterocycles. The van der Waals surface area contributed by atoms with Crippen molar-refractivity contribution in [1.29, 1.82) is 0 Å². The molecule has 11 heteroatoms. The molecule has 11 nitrogen and oxygen atoms in total. The van der Waals surface area contributed by atoms with Crippen molar-refractivity contribution in [3.63, 3.8) is 0 Å². The van der Waals surface area contributed by atoms with Crippen LogP contribution < -0.4 is 21.3 Å². The molecule has 0 bridgehead atoms. The Balaban J connectivity index is 1.95. The molecule has 28 heavy (non-hydrogen) atoms. The van der Waals surface area contributed by atoms with Gasteiger partial charge in [-0.3, -0.25) is 24.3 Å². The van der Waals surface area contributed by atoms with E-state index in [-0.39, 0.29) is 18.0 Å². The lowest BCUT2D eigenvalue weighted by Crippen LogP contribution is -2.39. The van der Waals surface area contributed by atoms with Gasteiger partial charge in [0.2, 0.25) is 0 Å². The van der Waals surface area contributed by atoms with Crippen molar-refractivity contribution in [2.24, 2.45) is 0 Å². The highest BCUT2D eigenvalue weighted by Crippen LogP contribution is 2.29. The van der Waals surface area contributed by atoms with Crippen LogP contribution in [0.3, 0.4) is 0 Å². The number of amides is 1. The highest BCUT2D eigenvalue weighted by molar-refractivity contribution is 6.05. The molecule has 0 aliphatic rings. The summed E-state index contributed by atoms with van der Waals surface area (Å²) in [5, 5.41) is 13.5. The molecule has 0 aliphatic carbocycles. The lowest BCUT2D eigenvalue weighted by Gasteiger charge is -2.08. The normalized spacial score (nSPS) is 10.5. The Morgan fingerprint density at radius 1 is 1.36 bits per heavy atom. The Hall–Kier alpha value is -4.15. The molecule has 0 fully saturated rings. The molecule has 1 amide bonds.